The highest BCUT2D eigenvalue weighted by Gasteiger charge is 2.20. The summed E-state index contributed by atoms with van der Waals surface area (Å²) in [7, 11) is 0. The van der Waals surface area contributed by atoms with Gasteiger partial charge in [-0.05, 0) is 29.8 Å². The number of rotatable bonds is 5. The second kappa shape index (κ2) is 7.04. The number of nitrogens with one attached hydrogen (secondary N) is 1. The largest absolute Gasteiger partial charge is 0.481 e. The maximum Gasteiger partial charge on any atom is 0.305 e. The molecule has 6 heteroatoms. The van der Waals surface area contributed by atoms with Crippen LogP contribution < -0.4 is 5.32 Å². The van der Waals surface area contributed by atoms with Crippen molar-refractivity contribution in [3.05, 3.63) is 70.5 Å². The molecule has 0 heterocycles. The predicted molar refractivity (Wildman–Crippen MR) is 80.3 cm³/mol. The maximum absolute atomic E-state index is 13.0. The summed E-state index contributed by atoms with van der Waals surface area (Å²) in [5, 5.41) is 11.9. The normalized spacial score (nSPS) is 11.7. The van der Waals surface area contributed by atoms with E-state index in [1.165, 1.54) is 24.3 Å². The van der Waals surface area contributed by atoms with Gasteiger partial charge in [-0.25, -0.2) is 4.39 Å². The van der Waals surface area contributed by atoms with Crippen LogP contribution in [-0.2, 0) is 4.79 Å². The van der Waals surface area contributed by atoms with E-state index in [9.17, 15) is 14.0 Å². The molecule has 0 radical (unpaired) electrons. The van der Waals surface area contributed by atoms with Crippen molar-refractivity contribution in [3.8, 4) is 0 Å². The van der Waals surface area contributed by atoms with Crippen molar-refractivity contribution in [2.45, 2.75) is 12.5 Å². The molecule has 2 N–H and O–H groups in total. The summed E-state index contributed by atoms with van der Waals surface area (Å²) in [5.41, 5.74) is 0.755. The second-order valence-electron chi connectivity index (χ2n) is 4.66. The Bertz CT molecular complexity index is 688. The predicted octanol–water partition coefficient (Wildman–Crippen LogP) is 3.42. The molecule has 0 aliphatic carbocycles. The Morgan fingerprint density at radius 1 is 1.14 bits per heavy atom. The summed E-state index contributed by atoms with van der Waals surface area (Å²) in [6.45, 7) is 0. The van der Waals surface area contributed by atoms with Gasteiger partial charge in [0.2, 0.25) is 0 Å². The molecule has 22 heavy (non-hydrogen) atoms. The molecule has 0 saturated carbocycles. The molecule has 0 aliphatic heterocycles. The van der Waals surface area contributed by atoms with Crippen molar-refractivity contribution in [1.29, 1.82) is 0 Å². The summed E-state index contributed by atoms with van der Waals surface area (Å²) < 4.78 is 13.0. The SMILES string of the molecule is O=C(O)C[C@H](NC(=O)c1ccccc1Cl)c1ccc(F)cc1. The van der Waals surface area contributed by atoms with Crippen LogP contribution in [0.5, 0.6) is 0 Å². The minimum Gasteiger partial charge on any atom is -0.481 e. The van der Waals surface area contributed by atoms with Gasteiger partial charge in [-0.15, -0.1) is 0 Å². The molecule has 0 aromatic heterocycles. The van der Waals surface area contributed by atoms with Crippen LogP contribution in [0.1, 0.15) is 28.4 Å². The van der Waals surface area contributed by atoms with Crippen LogP contribution in [0.3, 0.4) is 0 Å². The van der Waals surface area contributed by atoms with E-state index in [-0.39, 0.29) is 17.0 Å². The fourth-order valence-electron chi connectivity index (χ4n) is 2.00. The molecule has 0 bridgehead atoms. The Labute approximate surface area is 131 Å². The van der Waals surface area contributed by atoms with E-state index in [0.717, 1.165) is 0 Å². The summed E-state index contributed by atoms with van der Waals surface area (Å²) in [6.07, 6.45) is -0.318. The van der Waals surface area contributed by atoms with Crippen LogP contribution in [0.2, 0.25) is 5.02 Å². The summed E-state index contributed by atoms with van der Waals surface area (Å²) in [6, 6.07) is 11.0. The molecule has 1 atom stereocenters. The van der Waals surface area contributed by atoms with E-state index in [4.69, 9.17) is 16.7 Å². The van der Waals surface area contributed by atoms with Gasteiger partial charge in [-0.3, -0.25) is 9.59 Å². The quantitative estimate of drug-likeness (QED) is 0.886. The molecule has 0 aliphatic rings. The highest BCUT2D eigenvalue weighted by atomic mass is 35.5. The Morgan fingerprint density at radius 3 is 2.36 bits per heavy atom. The van der Waals surface area contributed by atoms with E-state index >= 15 is 0 Å². The maximum atomic E-state index is 13.0. The Kier molecular flexibility index (Phi) is 5.12. The topological polar surface area (TPSA) is 66.4 Å². The van der Waals surface area contributed by atoms with E-state index < -0.39 is 23.7 Å². The zero-order valence-electron chi connectivity index (χ0n) is 11.4. The van der Waals surface area contributed by atoms with Crippen LogP contribution >= 0.6 is 11.6 Å². The Balaban J connectivity index is 2.23. The molecule has 2 rings (SSSR count). The zero-order valence-corrected chi connectivity index (χ0v) is 12.2. The number of hydrogen-bond donors (Lipinski definition) is 2. The molecule has 4 nitrogen and oxygen atoms in total. The highest BCUT2D eigenvalue weighted by molar-refractivity contribution is 6.33. The molecule has 114 valence electrons. The molecule has 2 aromatic rings. The molecule has 0 spiro atoms. The van der Waals surface area contributed by atoms with Crippen LogP contribution in [-0.4, -0.2) is 17.0 Å². The first-order valence-corrected chi connectivity index (χ1v) is 6.88. The lowest BCUT2D eigenvalue weighted by molar-refractivity contribution is -0.137. The molecular formula is C16H13ClFNO3. The molecule has 0 fully saturated rings. The van der Waals surface area contributed by atoms with Crippen molar-refractivity contribution in [2.24, 2.45) is 0 Å². The molecule has 0 unspecified atom stereocenters. The first-order valence-electron chi connectivity index (χ1n) is 6.50. The zero-order chi connectivity index (χ0) is 16.1. The van der Waals surface area contributed by atoms with Crippen LogP contribution in [0.4, 0.5) is 4.39 Å². The van der Waals surface area contributed by atoms with Crippen LogP contribution in [0.15, 0.2) is 48.5 Å². The highest BCUT2D eigenvalue weighted by Crippen LogP contribution is 2.20. The number of halogens is 2. The van der Waals surface area contributed by atoms with Gasteiger partial charge in [0.25, 0.3) is 5.91 Å². The smallest absolute Gasteiger partial charge is 0.305 e. The molecule has 0 saturated heterocycles. The fourth-order valence-corrected chi connectivity index (χ4v) is 2.22. The summed E-state index contributed by atoms with van der Waals surface area (Å²) >= 11 is 5.95. The third-order valence-electron chi connectivity index (χ3n) is 3.07. The van der Waals surface area contributed by atoms with Crippen LogP contribution in [0.25, 0.3) is 0 Å². The first-order chi connectivity index (χ1) is 10.5. The van der Waals surface area contributed by atoms with E-state index in [0.29, 0.717) is 5.56 Å². The molecule has 1 amide bonds. The standard InChI is InChI=1S/C16H13ClFNO3/c17-13-4-2-1-3-12(13)16(22)19-14(9-15(20)21)10-5-7-11(18)8-6-10/h1-8,14H,9H2,(H,19,22)(H,20,21)/t14-/m0/s1. The second-order valence-corrected chi connectivity index (χ2v) is 5.06. The number of carboxylic acid groups (broad SMARTS) is 1. The fraction of sp³-hybridized carbons (Fsp3) is 0.125. The van der Waals surface area contributed by atoms with Gasteiger partial charge < -0.3 is 10.4 Å². The minimum absolute atomic E-state index is 0.252. The number of carboxylic acids is 1. The number of benzene rings is 2. The van der Waals surface area contributed by atoms with Gasteiger partial charge in [-0.2, -0.15) is 0 Å². The van der Waals surface area contributed by atoms with Gasteiger partial charge in [0.1, 0.15) is 5.82 Å². The van der Waals surface area contributed by atoms with Gasteiger partial charge >= 0.3 is 5.97 Å². The van der Waals surface area contributed by atoms with Crippen molar-refractivity contribution in [1.82, 2.24) is 5.32 Å². The third kappa shape index (κ3) is 4.05. The average Bonchev–Trinajstić information content (AvgIpc) is 2.47. The lowest BCUT2D eigenvalue weighted by Gasteiger charge is -2.18. The Hall–Kier alpha value is -2.40. The van der Waals surface area contributed by atoms with Crippen LogP contribution in [0, 0.1) is 5.82 Å². The lowest BCUT2D eigenvalue weighted by atomic mass is 10.0. The third-order valence-corrected chi connectivity index (χ3v) is 3.40. The van der Waals surface area contributed by atoms with Crippen molar-refractivity contribution < 1.29 is 19.1 Å². The first kappa shape index (κ1) is 16.0. The van der Waals surface area contributed by atoms with E-state index in [1.54, 1.807) is 24.3 Å². The number of aliphatic carboxylic acids is 1. The summed E-state index contributed by atoms with van der Waals surface area (Å²) in [4.78, 5) is 23.2. The van der Waals surface area contributed by atoms with Gasteiger partial charge in [-0.1, -0.05) is 35.9 Å². The van der Waals surface area contributed by atoms with Crippen molar-refractivity contribution >= 4 is 23.5 Å². The summed E-state index contributed by atoms with van der Waals surface area (Å²) in [5.74, 6) is -2.00. The lowest BCUT2D eigenvalue weighted by Crippen LogP contribution is -2.30. The average molecular weight is 322 g/mol. The van der Waals surface area contributed by atoms with Gasteiger partial charge in [0.15, 0.2) is 0 Å². The van der Waals surface area contributed by atoms with E-state index in [2.05, 4.69) is 5.32 Å². The van der Waals surface area contributed by atoms with E-state index in [1.807, 2.05) is 0 Å². The van der Waals surface area contributed by atoms with Gasteiger partial charge in [0.05, 0.1) is 23.0 Å². The van der Waals surface area contributed by atoms with Crippen molar-refractivity contribution in [2.75, 3.05) is 0 Å². The Morgan fingerprint density at radius 2 is 1.77 bits per heavy atom. The number of hydrogen-bond acceptors (Lipinski definition) is 2. The molecular weight excluding hydrogens is 309 g/mol. The monoisotopic (exact) mass is 321 g/mol. The molecule has 2 aromatic carbocycles. The minimum atomic E-state index is -1.08. The number of amides is 1. The van der Waals surface area contributed by atoms with Gasteiger partial charge in [0, 0.05) is 0 Å². The van der Waals surface area contributed by atoms with Crippen molar-refractivity contribution in [3.63, 3.8) is 0 Å². The number of carbonyl (C=O) groups excluding carboxylic acids is 1. The number of carbonyl (C=O) groups is 2.